The number of amides is 1. The third-order valence-corrected chi connectivity index (χ3v) is 3.96. The molecule has 0 aliphatic rings. The Labute approximate surface area is 131 Å². The Balaban J connectivity index is 1.86. The Bertz CT molecular complexity index is 856. The minimum absolute atomic E-state index is 0.160. The zero-order valence-electron chi connectivity index (χ0n) is 12.3. The van der Waals surface area contributed by atoms with Crippen LogP contribution < -0.4 is 4.80 Å². The maximum atomic E-state index is 12.1. The van der Waals surface area contributed by atoms with Gasteiger partial charge in [-0.1, -0.05) is 35.0 Å². The van der Waals surface area contributed by atoms with E-state index in [0.717, 1.165) is 5.56 Å². The lowest BCUT2D eigenvalue weighted by atomic mass is 10.1. The topological polar surface area (TPSA) is 60.4 Å². The minimum Gasteiger partial charge on any atom is -0.351 e. The highest BCUT2D eigenvalue weighted by Gasteiger charge is 2.10. The first kappa shape index (κ1) is 14.5. The van der Waals surface area contributed by atoms with Crippen molar-refractivity contribution in [1.29, 1.82) is 0 Å². The molecule has 6 heteroatoms. The van der Waals surface area contributed by atoms with Gasteiger partial charge < -0.3 is 9.09 Å². The van der Waals surface area contributed by atoms with E-state index in [4.69, 9.17) is 4.52 Å². The summed E-state index contributed by atoms with van der Waals surface area (Å²) < 4.78 is 6.89. The summed E-state index contributed by atoms with van der Waals surface area (Å²) >= 11 is 1.42. The predicted octanol–water partition coefficient (Wildman–Crippen LogP) is 2.94. The number of hydrogen-bond acceptors (Lipinski definition) is 4. The van der Waals surface area contributed by atoms with E-state index in [1.165, 1.54) is 16.9 Å². The standard InChI is InChI=1S/C16H15N3O2S/c1-11-3-5-13(6-4-11)10-19-7-8-22-16(19)17-15(20)14-9-12(2)18-21-14/h3-9H,10H2,1-2H3. The summed E-state index contributed by atoms with van der Waals surface area (Å²) in [5, 5.41) is 5.61. The molecule has 3 rings (SSSR count). The van der Waals surface area contributed by atoms with Crippen LogP contribution in [0, 0.1) is 13.8 Å². The van der Waals surface area contributed by atoms with Crippen molar-refractivity contribution in [3.05, 3.63) is 69.3 Å². The van der Waals surface area contributed by atoms with Crippen molar-refractivity contribution >= 4 is 17.2 Å². The molecule has 0 N–H and O–H groups in total. The number of aryl methyl sites for hydroxylation is 2. The summed E-state index contributed by atoms with van der Waals surface area (Å²) in [6.07, 6.45) is 1.92. The predicted molar refractivity (Wildman–Crippen MR) is 83.7 cm³/mol. The zero-order valence-corrected chi connectivity index (χ0v) is 13.1. The van der Waals surface area contributed by atoms with Crippen LogP contribution >= 0.6 is 11.3 Å². The lowest BCUT2D eigenvalue weighted by Crippen LogP contribution is -2.16. The second-order valence-electron chi connectivity index (χ2n) is 5.05. The van der Waals surface area contributed by atoms with Crippen LogP contribution in [0.25, 0.3) is 0 Å². The molecule has 0 spiro atoms. The van der Waals surface area contributed by atoms with Crippen molar-refractivity contribution in [3.63, 3.8) is 0 Å². The lowest BCUT2D eigenvalue weighted by Gasteiger charge is -2.03. The number of rotatable bonds is 3. The van der Waals surface area contributed by atoms with Gasteiger partial charge in [0.15, 0.2) is 4.80 Å². The molecule has 0 saturated carbocycles. The average molecular weight is 313 g/mol. The van der Waals surface area contributed by atoms with E-state index in [-0.39, 0.29) is 5.76 Å². The molecule has 2 heterocycles. The highest BCUT2D eigenvalue weighted by molar-refractivity contribution is 7.07. The highest BCUT2D eigenvalue weighted by Crippen LogP contribution is 2.06. The molecule has 112 valence electrons. The van der Waals surface area contributed by atoms with Crippen LogP contribution in [-0.2, 0) is 6.54 Å². The average Bonchev–Trinajstić information content (AvgIpc) is 3.11. The van der Waals surface area contributed by atoms with E-state index < -0.39 is 5.91 Å². The Morgan fingerprint density at radius 1 is 1.32 bits per heavy atom. The molecule has 0 radical (unpaired) electrons. The molecule has 0 saturated heterocycles. The molecule has 0 unspecified atom stereocenters. The summed E-state index contributed by atoms with van der Waals surface area (Å²) in [5.74, 6) is -0.256. The van der Waals surface area contributed by atoms with Gasteiger partial charge in [0.05, 0.1) is 5.69 Å². The second kappa shape index (κ2) is 6.11. The number of benzene rings is 1. The van der Waals surface area contributed by atoms with Crippen molar-refractivity contribution in [1.82, 2.24) is 9.72 Å². The smallest absolute Gasteiger partial charge is 0.318 e. The molecule has 22 heavy (non-hydrogen) atoms. The summed E-state index contributed by atoms with van der Waals surface area (Å²) in [6.45, 7) is 4.49. The van der Waals surface area contributed by atoms with Crippen LogP contribution in [0.1, 0.15) is 27.4 Å². The van der Waals surface area contributed by atoms with Crippen LogP contribution in [0.3, 0.4) is 0 Å². The van der Waals surface area contributed by atoms with Crippen LogP contribution in [-0.4, -0.2) is 15.6 Å². The van der Waals surface area contributed by atoms with Crippen molar-refractivity contribution in [3.8, 4) is 0 Å². The largest absolute Gasteiger partial charge is 0.351 e. The van der Waals surface area contributed by atoms with Gasteiger partial charge in [-0.3, -0.25) is 4.79 Å². The van der Waals surface area contributed by atoms with Crippen LogP contribution in [0.5, 0.6) is 0 Å². The Hall–Kier alpha value is -2.47. The van der Waals surface area contributed by atoms with Gasteiger partial charge in [-0.15, -0.1) is 11.3 Å². The molecule has 5 nitrogen and oxygen atoms in total. The van der Waals surface area contributed by atoms with Crippen molar-refractivity contribution in [2.24, 2.45) is 4.99 Å². The summed E-state index contributed by atoms with van der Waals surface area (Å²) in [5.41, 5.74) is 3.05. The van der Waals surface area contributed by atoms with Crippen LogP contribution in [0.2, 0.25) is 0 Å². The number of carbonyl (C=O) groups excluding carboxylic acids is 1. The van der Waals surface area contributed by atoms with E-state index in [1.807, 2.05) is 16.1 Å². The second-order valence-corrected chi connectivity index (χ2v) is 5.92. The molecule has 0 aliphatic carbocycles. The Morgan fingerprint density at radius 3 is 2.77 bits per heavy atom. The fourth-order valence-corrected chi connectivity index (χ4v) is 2.73. The van der Waals surface area contributed by atoms with E-state index in [1.54, 1.807) is 13.0 Å². The molecule has 1 aromatic carbocycles. The van der Waals surface area contributed by atoms with Gasteiger partial charge in [0.2, 0.25) is 5.76 Å². The molecule has 2 aromatic heterocycles. The molecular weight excluding hydrogens is 298 g/mol. The molecule has 0 bridgehead atoms. The minimum atomic E-state index is -0.416. The first-order valence-electron chi connectivity index (χ1n) is 6.84. The number of carbonyl (C=O) groups is 1. The van der Waals surface area contributed by atoms with E-state index in [2.05, 4.69) is 41.3 Å². The lowest BCUT2D eigenvalue weighted by molar-refractivity contribution is 0.0962. The normalized spacial score (nSPS) is 11.8. The van der Waals surface area contributed by atoms with E-state index in [0.29, 0.717) is 17.0 Å². The maximum Gasteiger partial charge on any atom is 0.318 e. The van der Waals surface area contributed by atoms with Crippen LogP contribution in [0.4, 0.5) is 0 Å². The Morgan fingerprint density at radius 2 is 2.09 bits per heavy atom. The monoisotopic (exact) mass is 313 g/mol. The van der Waals surface area contributed by atoms with Crippen LogP contribution in [0.15, 0.2) is 51.4 Å². The molecular formula is C16H15N3O2S. The number of hydrogen-bond donors (Lipinski definition) is 0. The van der Waals surface area contributed by atoms with Gasteiger partial charge in [-0.05, 0) is 19.4 Å². The number of nitrogens with zero attached hydrogens (tertiary/aromatic N) is 3. The fourth-order valence-electron chi connectivity index (χ4n) is 2.00. The zero-order chi connectivity index (χ0) is 15.5. The molecule has 1 amide bonds. The van der Waals surface area contributed by atoms with Gasteiger partial charge in [0.25, 0.3) is 0 Å². The van der Waals surface area contributed by atoms with Crippen molar-refractivity contribution < 1.29 is 9.32 Å². The van der Waals surface area contributed by atoms with Gasteiger partial charge in [-0.25, -0.2) is 0 Å². The van der Waals surface area contributed by atoms with E-state index >= 15 is 0 Å². The first-order valence-corrected chi connectivity index (χ1v) is 7.71. The molecule has 0 atom stereocenters. The van der Waals surface area contributed by atoms with Crippen molar-refractivity contribution in [2.45, 2.75) is 20.4 Å². The third kappa shape index (κ3) is 3.23. The van der Waals surface area contributed by atoms with E-state index in [9.17, 15) is 4.79 Å². The molecule has 0 fully saturated rings. The SMILES string of the molecule is Cc1ccc(Cn2ccsc2=NC(=O)c2cc(C)no2)cc1. The van der Waals surface area contributed by atoms with Gasteiger partial charge in [0, 0.05) is 24.2 Å². The molecule has 3 aromatic rings. The van der Waals surface area contributed by atoms with Gasteiger partial charge in [-0.2, -0.15) is 4.99 Å². The first-order chi connectivity index (χ1) is 10.6. The van der Waals surface area contributed by atoms with Gasteiger partial charge >= 0.3 is 5.91 Å². The number of aromatic nitrogens is 2. The Kier molecular flexibility index (Phi) is 4.02. The highest BCUT2D eigenvalue weighted by atomic mass is 32.1. The summed E-state index contributed by atoms with van der Waals surface area (Å²) in [7, 11) is 0. The summed E-state index contributed by atoms with van der Waals surface area (Å²) in [4.78, 5) is 16.8. The fraction of sp³-hybridized carbons (Fsp3) is 0.188. The van der Waals surface area contributed by atoms with Crippen molar-refractivity contribution in [2.75, 3.05) is 0 Å². The van der Waals surface area contributed by atoms with Gasteiger partial charge in [0.1, 0.15) is 0 Å². The third-order valence-electron chi connectivity index (χ3n) is 3.17. The quantitative estimate of drug-likeness (QED) is 0.747. The summed E-state index contributed by atoms with van der Waals surface area (Å²) in [6, 6.07) is 9.88. The molecule has 0 aliphatic heterocycles. The maximum absolute atomic E-state index is 12.1. The number of thiazole rings is 1.